The maximum atomic E-state index is 5.49. The third-order valence-electron chi connectivity index (χ3n) is 3.04. The summed E-state index contributed by atoms with van der Waals surface area (Å²) in [6.07, 6.45) is 6.47. The largest absolute Gasteiger partial charge is 0.381 e. The van der Waals surface area contributed by atoms with E-state index in [9.17, 15) is 0 Å². The first-order chi connectivity index (χ1) is 7.36. The highest BCUT2D eigenvalue weighted by Gasteiger charge is 2.23. The number of hydrogen-bond acceptors (Lipinski definition) is 3. The van der Waals surface area contributed by atoms with Gasteiger partial charge in [0.2, 0.25) is 0 Å². The zero-order chi connectivity index (χ0) is 10.9. The van der Waals surface area contributed by atoms with Crippen LogP contribution in [0.1, 0.15) is 39.0 Å². The molecule has 1 N–H and O–H groups in total. The maximum Gasteiger partial charge on any atom is 0.0591 e. The average Bonchev–Trinajstić information content (AvgIpc) is 2.71. The van der Waals surface area contributed by atoms with Gasteiger partial charge in [-0.3, -0.25) is 0 Å². The van der Waals surface area contributed by atoms with Crippen molar-refractivity contribution in [3.8, 4) is 0 Å². The molecule has 0 amide bonds. The van der Waals surface area contributed by atoms with Crippen LogP contribution in [0.2, 0.25) is 0 Å². The van der Waals surface area contributed by atoms with Gasteiger partial charge in [0.15, 0.2) is 0 Å². The Labute approximate surface area is 93.5 Å². The van der Waals surface area contributed by atoms with E-state index in [1.54, 1.807) is 7.11 Å². The van der Waals surface area contributed by atoms with Crippen LogP contribution in [0.3, 0.4) is 0 Å². The molecule has 1 rings (SSSR count). The minimum absolute atomic E-state index is 0.475. The summed E-state index contributed by atoms with van der Waals surface area (Å²) in [5, 5.41) is 3.52. The second kappa shape index (κ2) is 8.08. The first-order valence-electron chi connectivity index (χ1n) is 6.20. The SMILES string of the molecule is CCCCOCCNC1CCC(OC)C1. The van der Waals surface area contributed by atoms with Crippen LogP contribution in [-0.2, 0) is 9.47 Å². The van der Waals surface area contributed by atoms with Crippen molar-refractivity contribution in [2.45, 2.75) is 51.2 Å². The molecule has 0 aromatic carbocycles. The summed E-state index contributed by atoms with van der Waals surface area (Å²) in [4.78, 5) is 0. The number of nitrogens with one attached hydrogen (secondary N) is 1. The fourth-order valence-corrected chi connectivity index (χ4v) is 2.02. The molecule has 0 bridgehead atoms. The standard InChI is InChI=1S/C12H25NO2/c1-3-4-8-15-9-7-13-11-5-6-12(10-11)14-2/h11-13H,3-10H2,1-2H3. The lowest BCUT2D eigenvalue weighted by Crippen LogP contribution is -2.30. The third-order valence-corrected chi connectivity index (χ3v) is 3.04. The number of unbranched alkanes of at least 4 members (excludes halogenated alkanes) is 1. The zero-order valence-electron chi connectivity index (χ0n) is 10.1. The Morgan fingerprint density at radius 2 is 2.13 bits per heavy atom. The number of ether oxygens (including phenoxy) is 2. The van der Waals surface area contributed by atoms with Crippen LogP contribution in [0.15, 0.2) is 0 Å². The molecule has 1 aliphatic rings. The predicted octanol–water partition coefficient (Wildman–Crippen LogP) is 1.96. The second-order valence-electron chi connectivity index (χ2n) is 4.29. The first kappa shape index (κ1) is 12.9. The van der Waals surface area contributed by atoms with Crippen LogP contribution < -0.4 is 5.32 Å². The summed E-state index contributed by atoms with van der Waals surface area (Å²) >= 11 is 0. The molecule has 3 heteroatoms. The van der Waals surface area contributed by atoms with E-state index in [1.165, 1.54) is 25.7 Å². The van der Waals surface area contributed by atoms with Gasteiger partial charge in [-0.1, -0.05) is 13.3 Å². The first-order valence-corrected chi connectivity index (χ1v) is 6.20. The smallest absolute Gasteiger partial charge is 0.0591 e. The molecule has 0 aliphatic heterocycles. The van der Waals surface area contributed by atoms with Crippen molar-refractivity contribution < 1.29 is 9.47 Å². The Morgan fingerprint density at radius 1 is 1.27 bits per heavy atom. The Kier molecular flexibility index (Phi) is 6.98. The summed E-state index contributed by atoms with van der Waals surface area (Å²) in [5.74, 6) is 0. The molecule has 0 aromatic heterocycles. The summed E-state index contributed by atoms with van der Waals surface area (Å²) < 4.78 is 10.8. The van der Waals surface area contributed by atoms with Crippen molar-refractivity contribution in [2.75, 3.05) is 26.9 Å². The molecule has 1 fully saturated rings. The summed E-state index contributed by atoms with van der Waals surface area (Å²) in [6.45, 7) is 4.91. The lowest BCUT2D eigenvalue weighted by Gasteiger charge is -2.12. The predicted molar refractivity (Wildman–Crippen MR) is 62.2 cm³/mol. The molecule has 2 unspecified atom stereocenters. The minimum Gasteiger partial charge on any atom is -0.381 e. The molecule has 0 radical (unpaired) electrons. The van der Waals surface area contributed by atoms with Crippen molar-refractivity contribution in [3.63, 3.8) is 0 Å². The summed E-state index contributed by atoms with van der Waals surface area (Å²) in [5.41, 5.74) is 0. The molecule has 0 saturated heterocycles. The lowest BCUT2D eigenvalue weighted by molar-refractivity contribution is 0.105. The van der Waals surface area contributed by atoms with Gasteiger partial charge in [-0.05, 0) is 25.7 Å². The molecule has 15 heavy (non-hydrogen) atoms. The molecule has 1 aliphatic carbocycles. The van der Waals surface area contributed by atoms with Gasteiger partial charge in [-0.25, -0.2) is 0 Å². The fraction of sp³-hybridized carbons (Fsp3) is 1.00. The Morgan fingerprint density at radius 3 is 2.80 bits per heavy atom. The van der Waals surface area contributed by atoms with Gasteiger partial charge < -0.3 is 14.8 Å². The monoisotopic (exact) mass is 215 g/mol. The van der Waals surface area contributed by atoms with E-state index in [0.29, 0.717) is 12.1 Å². The maximum absolute atomic E-state index is 5.49. The van der Waals surface area contributed by atoms with Crippen molar-refractivity contribution in [3.05, 3.63) is 0 Å². The van der Waals surface area contributed by atoms with Crippen molar-refractivity contribution >= 4 is 0 Å². The van der Waals surface area contributed by atoms with Crippen LogP contribution in [0.4, 0.5) is 0 Å². The Hall–Kier alpha value is -0.120. The average molecular weight is 215 g/mol. The molecule has 3 nitrogen and oxygen atoms in total. The fourth-order valence-electron chi connectivity index (χ4n) is 2.02. The lowest BCUT2D eigenvalue weighted by atomic mass is 10.2. The van der Waals surface area contributed by atoms with E-state index in [4.69, 9.17) is 9.47 Å². The van der Waals surface area contributed by atoms with E-state index in [-0.39, 0.29) is 0 Å². The third kappa shape index (κ3) is 5.50. The van der Waals surface area contributed by atoms with Crippen LogP contribution in [0.5, 0.6) is 0 Å². The van der Waals surface area contributed by atoms with E-state index < -0.39 is 0 Å². The molecule has 0 spiro atoms. The van der Waals surface area contributed by atoms with Crippen molar-refractivity contribution in [1.29, 1.82) is 0 Å². The number of rotatable bonds is 8. The van der Waals surface area contributed by atoms with Gasteiger partial charge in [-0.15, -0.1) is 0 Å². The van der Waals surface area contributed by atoms with Gasteiger partial charge >= 0.3 is 0 Å². The molecule has 1 saturated carbocycles. The molecule has 0 heterocycles. The second-order valence-corrected chi connectivity index (χ2v) is 4.29. The zero-order valence-corrected chi connectivity index (χ0v) is 10.1. The molecule has 2 atom stereocenters. The van der Waals surface area contributed by atoms with Gasteiger partial charge in [0.05, 0.1) is 12.7 Å². The molecule has 0 aromatic rings. The van der Waals surface area contributed by atoms with Gasteiger partial charge in [0, 0.05) is 26.3 Å². The van der Waals surface area contributed by atoms with Crippen LogP contribution in [0, 0.1) is 0 Å². The van der Waals surface area contributed by atoms with E-state index in [2.05, 4.69) is 12.2 Å². The number of hydrogen-bond donors (Lipinski definition) is 1. The van der Waals surface area contributed by atoms with E-state index in [0.717, 1.165) is 26.2 Å². The quantitative estimate of drug-likeness (QED) is 0.628. The van der Waals surface area contributed by atoms with Crippen LogP contribution in [0.25, 0.3) is 0 Å². The highest BCUT2D eigenvalue weighted by atomic mass is 16.5. The molecular formula is C12H25NO2. The Balaban J connectivity index is 1.88. The Bertz CT molecular complexity index is 153. The van der Waals surface area contributed by atoms with Crippen LogP contribution >= 0.6 is 0 Å². The van der Waals surface area contributed by atoms with Crippen molar-refractivity contribution in [1.82, 2.24) is 5.32 Å². The summed E-state index contributed by atoms with van der Waals surface area (Å²) in [7, 11) is 1.81. The molecule has 90 valence electrons. The minimum atomic E-state index is 0.475. The molecular weight excluding hydrogens is 190 g/mol. The normalized spacial score (nSPS) is 26.0. The van der Waals surface area contributed by atoms with E-state index >= 15 is 0 Å². The van der Waals surface area contributed by atoms with Crippen LogP contribution in [-0.4, -0.2) is 39.0 Å². The topological polar surface area (TPSA) is 30.5 Å². The highest BCUT2D eigenvalue weighted by molar-refractivity contribution is 4.80. The van der Waals surface area contributed by atoms with E-state index in [1.807, 2.05) is 0 Å². The summed E-state index contributed by atoms with van der Waals surface area (Å²) in [6, 6.07) is 0.643. The highest BCUT2D eigenvalue weighted by Crippen LogP contribution is 2.20. The number of methoxy groups -OCH3 is 1. The van der Waals surface area contributed by atoms with Gasteiger partial charge in [0.1, 0.15) is 0 Å². The van der Waals surface area contributed by atoms with Gasteiger partial charge in [0.25, 0.3) is 0 Å². The van der Waals surface area contributed by atoms with Gasteiger partial charge in [-0.2, -0.15) is 0 Å². The van der Waals surface area contributed by atoms with Crippen molar-refractivity contribution in [2.24, 2.45) is 0 Å².